The molecular weight excluding hydrogens is 214 g/mol. The lowest BCUT2D eigenvalue weighted by Gasteiger charge is -2.26. The summed E-state index contributed by atoms with van der Waals surface area (Å²) in [5.41, 5.74) is 8.18. The minimum absolute atomic E-state index is 0.384. The van der Waals surface area contributed by atoms with E-state index in [1.807, 2.05) is 11.7 Å². The summed E-state index contributed by atoms with van der Waals surface area (Å²) in [5, 5.41) is 4.42. The van der Waals surface area contributed by atoms with Gasteiger partial charge >= 0.3 is 0 Å². The van der Waals surface area contributed by atoms with Gasteiger partial charge in [0.1, 0.15) is 0 Å². The monoisotopic (exact) mass is 237 g/mol. The molecular formula is C13H23N3O. The predicted octanol–water partition coefficient (Wildman–Crippen LogP) is 1.77. The molecule has 0 bridgehead atoms. The highest BCUT2D eigenvalue weighted by molar-refractivity contribution is 5.09. The first-order valence-electron chi connectivity index (χ1n) is 6.58. The van der Waals surface area contributed by atoms with Crippen LogP contribution in [-0.2, 0) is 24.8 Å². The van der Waals surface area contributed by atoms with Crippen LogP contribution in [-0.4, -0.2) is 21.9 Å². The fourth-order valence-corrected chi connectivity index (χ4v) is 2.34. The molecule has 0 radical (unpaired) electrons. The minimum atomic E-state index is 0.384. The van der Waals surface area contributed by atoms with Crippen molar-refractivity contribution in [2.24, 2.45) is 12.8 Å². The maximum atomic E-state index is 5.94. The Kier molecular flexibility index (Phi) is 4.18. The zero-order chi connectivity index (χ0) is 12.3. The third kappa shape index (κ3) is 3.30. The number of nitrogens with two attached hydrogens (primary N) is 1. The first-order valence-corrected chi connectivity index (χ1v) is 6.58. The molecule has 1 saturated carbocycles. The van der Waals surface area contributed by atoms with Gasteiger partial charge in [0.15, 0.2) is 0 Å². The highest BCUT2D eigenvalue weighted by Gasteiger charge is 2.19. The normalized spacial score (nSPS) is 25.1. The van der Waals surface area contributed by atoms with Crippen molar-refractivity contribution in [3.05, 3.63) is 17.5 Å². The number of nitrogens with zero attached hydrogens (tertiary/aromatic N) is 2. The van der Waals surface area contributed by atoms with Gasteiger partial charge in [-0.15, -0.1) is 0 Å². The van der Waals surface area contributed by atoms with Crippen LogP contribution in [0.4, 0.5) is 0 Å². The SMILES string of the molecule is CCc1cc(COC2CCC(N)CC2)n(C)n1. The Hall–Kier alpha value is -0.870. The Labute approximate surface area is 103 Å². The van der Waals surface area contributed by atoms with Gasteiger partial charge in [-0.3, -0.25) is 4.68 Å². The number of aromatic nitrogens is 2. The van der Waals surface area contributed by atoms with Gasteiger partial charge in [0, 0.05) is 13.1 Å². The highest BCUT2D eigenvalue weighted by Crippen LogP contribution is 2.21. The molecule has 96 valence electrons. The van der Waals surface area contributed by atoms with E-state index in [9.17, 15) is 0 Å². The molecule has 0 saturated heterocycles. The van der Waals surface area contributed by atoms with Gasteiger partial charge in [0.2, 0.25) is 0 Å². The molecule has 17 heavy (non-hydrogen) atoms. The van der Waals surface area contributed by atoms with Crippen molar-refractivity contribution in [3.63, 3.8) is 0 Å². The quantitative estimate of drug-likeness (QED) is 0.868. The predicted molar refractivity (Wildman–Crippen MR) is 67.6 cm³/mol. The molecule has 0 spiro atoms. The summed E-state index contributed by atoms with van der Waals surface area (Å²) in [5.74, 6) is 0. The largest absolute Gasteiger partial charge is 0.372 e. The average Bonchev–Trinajstić information content (AvgIpc) is 2.69. The standard InChI is InChI=1S/C13H23N3O/c1-3-11-8-12(16(2)15-11)9-17-13-6-4-10(14)5-7-13/h8,10,13H,3-7,9,14H2,1-2H3. The summed E-state index contributed by atoms with van der Waals surface area (Å²) >= 11 is 0. The first kappa shape index (κ1) is 12.6. The molecule has 4 heteroatoms. The molecule has 0 amide bonds. The Bertz CT molecular complexity index is 354. The topological polar surface area (TPSA) is 53.1 Å². The van der Waals surface area contributed by atoms with Crippen molar-refractivity contribution in [1.29, 1.82) is 0 Å². The van der Waals surface area contributed by atoms with Crippen LogP contribution in [0.5, 0.6) is 0 Å². The molecule has 1 heterocycles. The van der Waals surface area contributed by atoms with E-state index in [1.165, 1.54) is 0 Å². The van der Waals surface area contributed by atoms with Crippen LogP contribution in [0.1, 0.15) is 44.0 Å². The molecule has 1 aliphatic carbocycles. The smallest absolute Gasteiger partial charge is 0.0888 e. The second-order valence-corrected chi connectivity index (χ2v) is 4.95. The fourth-order valence-electron chi connectivity index (χ4n) is 2.34. The van der Waals surface area contributed by atoms with Crippen molar-refractivity contribution in [2.45, 2.75) is 57.8 Å². The van der Waals surface area contributed by atoms with E-state index in [0.29, 0.717) is 18.8 Å². The van der Waals surface area contributed by atoms with E-state index < -0.39 is 0 Å². The molecule has 0 aromatic carbocycles. The van der Waals surface area contributed by atoms with Crippen LogP contribution in [0, 0.1) is 0 Å². The maximum Gasteiger partial charge on any atom is 0.0888 e. The lowest BCUT2D eigenvalue weighted by atomic mass is 9.94. The van der Waals surface area contributed by atoms with E-state index in [1.54, 1.807) is 0 Å². The van der Waals surface area contributed by atoms with E-state index in [0.717, 1.165) is 43.5 Å². The number of ether oxygens (including phenoxy) is 1. The molecule has 1 aliphatic rings. The lowest BCUT2D eigenvalue weighted by Crippen LogP contribution is -2.30. The lowest BCUT2D eigenvalue weighted by molar-refractivity contribution is 0.0109. The highest BCUT2D eigenvalue weighted by atomic mass is 16.5. The van der Waals surface area contributed by atoms with Crippen LogP contribution < -0.4 is 5.73 Å². The van der Waals surface area contributed by atoms with Crippen molar-refractivity contribution < 1.29 is 4.74 Å². The molecule has 1 aromatic rings. The number of hydrogen-bond acceptors (Lipinski definition) is 3. The number of hydrogen-bond donors (Lipinski definition) is 1. The summed E-state index contributed by atoms with van der Waals surface area (Å²) in [7, 11) is 1.98. The zero-order valence-electron chi connectivity index (χ0n) is 10.9. The molecule has 0 atom stereocenters. The van der Waals surface area contributed by atoms with Gasteiger partial charge in [-0.05, 0) is 38.2 Å². The second kappa shape index (κ2) is 5.65. The third-order valence-corrected chi connectivity index (χ3v) is 3.58. The average molecular weight is 237 g/mol. The summed E-state index contributed by atoms with van der Waals surface area (Å²) in [6, 6.07) is 2.52. The van der Waals surface area contributed by atoms with Gasteiger partial charge in [-0.2, -0.15) is 5.10 Å². The Balaban J connectivity index is 1.83. The van der Waals surface area contributed by atoms with Crippen LogP contribution >= 0.6 is 0 Å². The van der Waals surface area contributed by atoms with Crippen molar-refractivity contribution in [3.8, 4) is 0 Å². The van der Waals surface area contributed by atoms with Gasteiger partial charge in [-0.1, -0.05) is 6.92 Å². The van der Waals surface area contributed by atoms with Crippen LogP contribution in [0.3, 0.4) is 0 Å². The number of aryl methyl sites for hydroxylation is 2. The summed E-state index contributed by atoms with van der Waals surface area (Å²) < 4.78 is 7.86. The van der Waals surface area contributed by atoms with Crippen molar-refractivity contribution in [2.75, 3.05) is 0 Å². The van der Waals surface area contributed by atoms with Crippen LogP contribution in [0.15, 0.2) is 6.07 Å². The maximum absolute atomic E-state index is 5.94. The second-order valence-electron chi connectivity index (χ2n) is 4.95. The van der Waals surface area contributed by atoms with E-state index in [2.05, 4.69) is 18.1 Å². The Morgan fingerprint density at radius 1 is 1.41 bits per heavy atom. The summed E-state index contributed by atoms with van der Waals surface area (Å²) in [4.78, 5) is 0. The Morgan fingerprint density at radius 2 is 2.12 bits per heavy atom. The van der Waals surface area contributed by atoms with Crippen molar-refractivity contribution in [1.82, 2.24) is 9.78 Å². The molecule has 0 aliphatic heterocycles. The third-order valence-electron chi connectivity index (χ3n) is 3.58. The molecule has 1 aromatic heterocycles. The van der Waals surface area contributed by atoms with Gasteiger partial charge < -0.3 is 10.5 Å². The van der Waals surface area contributed by atoms with Crippen LogP contribution in [0.2, 0.25) is 0 Å². The summed E-state index contributed by atoms with van der Waals surface area (Å²) in [6.07, 6.45) is 5.74. The Morgan fingerprint density at radius 3 is 2.71 bits per heavy atom. The van der Waals surface area contributed by atoms with E-state index in [4.69, 9.17) is 10.5 Å². The molecule has 0 unspecified atom stereocenters. The zero-order valence-corrected chi connectivity index (χ0v) is 10.9. The first-order chi connectivity index (χ1) is 8.19. The summed E-state index contributed by atoms with van der Waals surface area (Å²) in [6.45, 7) is 2.79. The fraction of sp³-hybridized carbons (Fsp3) is 0.769. The molecule has 4 nitrogen and oxygen atoms in total. The van der Waals surface area contributed by atoms with E-state index >= 15 is 0 Å². The van der Waals surface area contributed by atoms with E-state index in [-0.39, 0.29) is 0 Å². The number of rotatable bonds is 4. The minimum Gasteiger partial charge on any atom is -0.372 e. The van der Waals surface area contributed by atoms with Gasteiger partial charge in [0.05, 0.1) is 24.1 Å². The molecule has 2 rings (SSSR count). The van der Waals surface area contributed by atoms with Gasteiger partial charge in [-0.25, -0.2) is 0 Å². The van der Waals surface area contributed by atoms with Gasteiger partial charge in [0.25, 0.3) is 0 Å². The van der Waals surface area contributed by atoms with Crippen molar-refractivity contribution >= 4 is 0 Å². The van der Waals surface area contributed by atoms with Crippen LogP contribution in [0.25, 0.3) is 0 Å². The molecule has 1 fully saturated rings. The molecule has 2 N–H and O–H groups in total.